The molecule has 0 bridgehead atoms. The van der Waals surface area contributed by atoms with E-state index >= 15 is 0 Å². The number of rotatable bonds is 9. The van der Waals surface area contributed by atoms with Crippen LogP contribution in [0.25, 0.3) is 0 Å². The van der Waals surface area contributed by atoms with Gasteiger partial charge in [0, 0.05) is 22.6 Å². The lowest BCUT2D eigenvalue weighted by Gasteiger charge is -2.50. The van der Waals surface area contributed by atoms with E-state index in [0.29, 0.717) is 44.5 Å². The van der Waals surface area contributed by atoms with Gasteiger partial charge in [-0.2, -0.15) is 0 Å². The van der Waals surface area contributed by atoms with Gasteiger partial charge in [0.15, 0.2) is 0 Å². The van der Waals surface area contributed by atoms with Gasteiger partial charge in [-0.05, 0) is 23.8 Å². The lowest BCUT2D eigenvalue weighted by Crippen LogP contribution is -2.71. The van der Waals surface area contributed by atoms with Crippen molar-refractivity contribution in [3.63, 3.8) is 0 Å². The van der Waals surface area contributed by atoms with Crippen LogP contribution in [0.15, 0.2) is 52.6 Å². The monoisotopic (exact) mass is 608 g/mol. The second-order valence-corrected chi connectivity index (χ2v) is 11.9. The Balaban J connectivity index is 1.44. The van der Waals surface area contributed by atoms with Crippen molar-refractivity contribution in [1.82, 2.24) is 15.2 Å². The molecule has 0 spiro atoms. The molecule has 1 aromatic heterocycles. The number of hydrogen-bond acceptors (Lipinski definition) is 9. The van der Waals surface area contributed by atoms with Crippen molar-refractivity contribution >= 4 is 76.1 Å². The zero-order chi connectivity index (χ0) is 28.4. The Hall–Kier alpha value is -2.93. The molecule has 2 amide bonds. The Morgan fingerprint density at radius 1 is 1.36 bits per heavy atom. The molecular weight excluding hydrogens is 583 g/mol. The molecule has 3 N–H and O–H groups in total. The molecule has 2 aliphatic rings. The average Bonchev–Trinajstić information content (AvgIpc) is 2.88. The molecule has 4 rings (SSSR count). The molecule has 10 nitrogen and oxygen atoms in total. The second-order valence-electron chi connectivity index (χ2n) is 8.97. The van der Waals surface area contributed by atoms with Crippen LogP contribution < -0.4 is 25.6 Å². The summed E-state index contributed by atoms with van der Waals surface area (Å²) in [5, 5.41) is 15.2. The molecule has 1 fully saturated rings. The van der Waals surface area contributed by atoms with Gasteiger partial charge < -0.3 is 21.0 Å². The molecule has 14 heteroatoms. The minimum atomic E-state index is -1.45. The first-order chi connectivity index (χ1) is 18.5. The van der Waals surface area contributed by atoms with Crippen LogP contribution in [-0.4, -0.2) is 64.7 Å². The van der Waals surface area contributed by atoms with Gasteiger partial charge in [-0.25, -0.2) is 4.57 Å². The molecule has 2 atom stereocenters. The van der Waals surface area contributed by atoms with E-state index in [4.69, 9.17) is 28.9 Å². The van der Waals surface area contributed by atoms with Gasteiger partial charge in [-0.15, -0.1) is 23.5 Å². The summed E-state index contributed by atoms with van der Waals surface area (Å²) in [7, 11) is 3.78. The summed E-state index contributed by atoms with van der Waals surface area (Å²) < 4.78 is 1.93. The molecule has 0 aliphatic carbocycles. The highest BCUT2D eigenvalue weighted by Gasteiger charge is 2.52. The van der Waals surface area contributed by atoms with Crippen molar-refractivity contribution in [1.29, 1.82) is 0 Å². The number of aliphatic carboxylic acids is 1. The fourth-order valence-corrected chi connectivity index (χ4v) is 6.88. The molecule has 2 aromatic rings. The summed E-state index contributed by atoms with van der Waals surface area (Å²) in [5.41, 5.74) is 6.15. The molecular formula is C25H26Cl2N6O4S2. The number of carboxylic acid groups (broad SMARTS) is 1. The number of allylic oxidation sites excluding steroid dienone is 2. The summed E-state index contributed by atoms with van der Waals surface area (Å²) in [6.45, 7) is 2.24. The highest BCUT2D eigenvalue weighted by atomic mass is 35.5. The molecule has 1 aromatic carbocycles. The smallest absolute Gasteiger partial charge is 0.253 e. The first-order valence-electron chi connectivity index (χ1n) is 11.7. The van der Waals surface area contributed by atoms with E-state index in [9.17, 15) is 19.5 Å². The summed E-state index contributed by atoms with van der Waals surface area (Å²) in [6, 6.07) is 5.87. The van der Waals surface area contributed by atoms with E-state index in [2.05, 4.69) is 10.3 Å². The molecule has 0 radical (unpaired) electrons. The van der Waals surface area contributed by atoms with Crippen LogP contribution in [0.1, 0.15) is 5.82 Å². The first kappa shape index (κ1) is 29.1. The summed E-state index contributed by atoms with van der Waals surface area (Å²) in [5.74, 6) is -0.0388. The second kappa shape index (κ2) is 12.1. The summed E-state index contributed by atoms with van der Waals surface area (Å²) >= 11 is 14.7. The van der Waals surface area contributed by atoms with Gasteiger partial charge in [-0.1, -0.05) is 40.3 Å². The van der Waals surface area contributed by atoms with Crippen LogP contribution in [0.5, 0.6) is 0 Å². The number of carbonyl (C=O) groups excluding carboxylic acids is 3. The zero-order valence-corrected chi connectivity index (χ0v) is 24.5. The number of benzene rings is 1. The van der Waals surface area contributed by atoms with E-state index < -0.39 is 23.3 Å². The summed E-state index contributed by atoms with van der Waals surface area (Å²) in [6.07, 6.45) is 3.49. The fourth-order valence-electron chi connectivity index (χ4n) is 4.26. The quantitative estimate of drug-likeness (QED) is 0.246. The maximum Gasteiger partial charge on any atom is 0.253 e. The van der Waals surface area contributed by atoms with Crippen molar-refractivity contribution in [2.75, 3.05) is 36.2 Å². The van der Waals surface area contributed by atoms with Crippen molar-refractivity contribution in [2.24, 2.45) is 0 Å². The Kier molecular flexibility index (Phi) is 9.00. The number of β-lactam (4-membered cyclic amide) rings is 1. The number of nitrogens with zero attached hydrogens (tertiary/aromatic N) is 4. The predicted molar refractivity (Wildman–Crippen MR) is 151 cm³/mol. The molecule has 0 unspecified atom stereocenters. The Labute approximate surface area is 244 Å². The lowest BCUT2D eigenvalue weighted by molar-refractivity contribution is -0.683. The standard InChI is InChI=1S/C25H26Cl2N6O4S2/c1-13-29-18(28)10-20(31(2)3)32(13)8-4-5-14-11-39-24-21(23(35)33(24)22(14)25(36)37)30-19(34)12-38-17-9-15(26)6-7-16(17)27/h4-7,9-10,21,24,28H,8,11-12H2,1-3H3,(H2,30,34,36,37)/b5-4+/t21-,24-/m1/s1. The van der Waals surface area contributed by atoms with Crippen LogP contribution in [0.4, 0.5) is 11.6 Å². The van der Waals surface area contributed by atoms with Gasteiger partial charge >= 0.3 is 0 Å². The molecule has 39 heavy (non-hydrogen) atoms. The average molecular weight is 610 g/mol. The van der Waals surface area contributed by atoms with Crippen LogP contribution in [0.3, 0.4) is 0 Å². The van der Waals surface area contributed by atoms with Crippen molar-refractivity contribution < 1.29 is 24.1 Å². The van der Waals surface area contributed by atoms with Gasteiger partial charge in [0.2, 0.25) is 23.4 Å². The minimum Gasteiger partial charge on any atom is -0.543 e. The maximum absolute atomic E-state index is 12.9. The van der Waals surface area contributed by atoms with E-state index in [1.165, 1.54) is 28.4 Å². The van der Waals surface area contributed by atoms with E-state index in [1.807, 2.05) is 30.5 Å². The maximum atomic E-state index is 12.9. The number of halogens is 2. The minimum absolute atomic E-state index is 0.0183. The summed E-state index contributed by atoms with van der Waals surface area (Å²) in [4.78, 5) is 45.6. The highest BCUT2D eigenvalue weighted by molar-refractivity contribution is 8.00. The third kappa shape index (κ3) is 6.29. The predicted octanol–water partition coefficient (Wildman–Crippen LogP) is 1.38. The topological polar surface area (TPSA) is 136 Å². The van der Waals surface area contributed by atoms with Crippen molar-refractivity contribution in [3.05, 3.63) is 63.6 Å². The molecule has 1 saturated heterocycles. The normalized spacial score (nSPS) is 18.7. The highest BCUT2D eigenvalue weighted by Crippen LogP contribution is 2.40. The number of nitrogens with two attached hydrogens (primary N) is 1. The first-order valence-corrected chi connectivity index (χ1v) is 14.5. The number of aryl methyl sites for hydroxylation is 1. The third-order valence-corrected chi connectivity index (χ3v) is 9.09. The number of hydrogen-bond donors (Lipinski definition) is 2. The number of amides is 2. The SMILES string of the molecule is Cc1nc(N)cc(N(C)C)[n+]1C/C=C/C1=C(C(=O)[O-])N2C(=O)[C@@H](NC(=O)CSc3cc(Cl)ccc3Cl)[C@H]2SC1. The van der Waals surface area contributed by atoms with Crippen LogP contribution in [-0.2, 0) is 20.9 Å². The number of carbonyl (C=O) groups is 3. The van der Waals surface area contributed by atoms with Gasteiger partial charge in [-0.3, -0.25) is 19.4 Å². The van der Waals surface area contributed by atoms with E-state index in [-0.39, 0.29) is 17.4 Å². The molecule has 0 saturated carbocycles. The number of thioether (sulfide) groups is 2. The van der Waals surface area contributed by atoms with Gasteiger partial charge in [0.1, 0.15) is 11.4 Å². The van der Waals surface area contributed by atoms with Crippen LogP contribution in [0, 0.1) is 6.92 Å². The van der Waals surface area contributed by atoms with E-state index in [0.717, 1.165) is 5.82 Å². The zero-order valence-electron chi connectivity index (χ0n) is 21.3. The number of nitrogens with one attached hydrogen (secondary N) is 1. The Morgan fingerprint density at radius 2 is 2.10 bits per heavy atom. The number of anilines is 2. The van der Waals surface area contributed by atoms with Crippen molar-refractivity contribution in [2.45, 2.75) is 29.8 Å². The molecule has 3 heterocycles. The van der Waals surface area contributed by atoms with Crippen LogP contribution in [0.2, 0.25) is 10.0 Å². The number of fused-ring (bicyclic) bond motifs is 1. The van der Waals surface area contributed by atoms with Gasteiger partial charge in [0.25, 0.3) is 5.91 Å². The van der Waals surface area contributed by atoms with Crippen molar-refractivity contribution in [3.8, 4) is 0 Å². The van der Waals surface area contributed by atoms with Gasteiger partial charge in [0.05, 0.1) is 49.1 Å². The Morgan fingerprint density at radius 3 is 2.79 bits per heavy atom. The number of aromatic nitrogens is 2. The lowest BCUT2D eigenvalue weighted by atomic mass is 10.0. The molecule has 2 aliphatic heterocycles. The van der Waals surface area contributed by atoms with E-state index in [1.54, 1.807) is 36.4 Å². The molecule has 206 valence electrons. The fraction of sp³-hybridized carbons (Fsp3) is 0.320. The third-order valence-electron chi connectivity index (χ3n) is 6.06. The number of nitrogen functional groups attached to an aromatic ring is 1. The Bertz CT molecular complexity index is 1400. The van der Waals surface area contributed by atoms with Crippen LogP contribution >= 0.6 is 46.7 Å². The largest absolute Gasteiger partial charge is 0.543 e. The number of carboxylic acids is 1.